The molecule has 36 heavy (non-hydrogen) atoms. The minimum atomic E-state index is -1.95. The van der Waals surface area contributed by atoms with Crippen LogP contribution in [0.15, 0.2) is 30.3 Å². The maximum atomic E-state index is 13.3. The standard InChI is InChI=1S/C29H49NO5Si/c1-19(2)36(20(3)4,21(5)6)35-17-22(7)15-23(8)27(31)24(9)28(32)30-26(18-34-29(30)33)16-25-13-11-10-12-14-25/h10-14,19-24,26-27,31H,15-18H2,1-9H3/t22-,23+,24-,26-,27+/m1/s1. The first kappa shape index (κ1) is 30.5. The van der Waals surface area contributed by atoms with Crippen LogP contribution in [0.25, 0.3) is 0 Å². The van der Waals surface area contributed by atoms with Crippen LogP contribution < -0.4 is 0 Å². The molecular formula is C29H49NO5Si. The Balaban J connectivity index is 2.00. The van der Waals surface area contributed by atoms with E-state index in [0.717, 1.165) is 12.0 Å². The zero-order chi connectivity index (χ0) is 27.2. The number of benzene rings is 1. The zero-order valence-corrected chi connectivity index (χ0v) is 24.9. The van der Waals surface area contributed by atoms with Gasteiger partial charge >= 0.3 is 6.09 Å². The van der Waals surface area contributed by atoms with Crippen LogP contribution in [-0.2, 0) is 20.4 Å². The Labute approximate surface area is 219 Å². The fourth-order valence-electron chi connectivity index (χ4n) is 6.25. The van der Waals surface area contributed by atoms with Crippen LogP contribution in [0.1, 0.15) is 74.3 Å². The highest BCUT2D eigenvalue weighted by atomic mass is 28.4. The summed E-state index contributed by atoms with van der Waals surface area (Å²) in [6.45, 7) is 20.4. The van der Waals surface area contributed by atoms with Crippen LogP contribution in [0.2, 0.25) is 16.6 Å². The summed E-state index contributed by atoms with van der Waals surface area (Å²) < 4.78 is 12.0. The van der Waals surface area contributed by atoms with Crippen LogP contribution in [0.4, 0.5) is 4.79 Å². The molecule has 0 aromatic heterocycles. The molecule has 1 aliphatic rings. The van der Waals surface area contributed by atoms with Gasteiger partial charge in [-0.05, 0) is 46.9 Å². The molecule has 2 rings (SSSR count). The van der Waals surface area contributed by atoms with Crippen molar-refractivity contribution in [3.63, 3.8) is 0 Å². The second kappa shape index (κ2) is 13.2. The van der Waals surface area contributed by atoms with E-state index in [1.54, 1.807) is 6.92 Å². The number of hydrogen-bond donors (Lipinski definition) is 1. The summed E-state index contributed by atoms with van der Waals surface area (Å²) in [5.41, 5.74) is 2.61. The van der Waals surface area contributed by atoms with Gasteiger partial charge in [0.25, 0.3) is 0 Å². The number of ether oxygens (including phenoxy) is 1. The molecule has 2 amide bonds. The molecule has 1 N–H and O–H groups in total. The van der Waals surface area contributed by atoms with Crippen LogP contribution in [0, 0.1) is 17.8 Å². The summed E-state index contributed by atoms with van der Waals surface area (Å²) in [5, 5.41) is 11.1. The number of nitrogens with zero attached hydrogens (tertiary/aromatic N) is 1. The molecule has 1 heterocycles. The highest BCUT2D eigenvalue weighted by Gasteiger charge is 2.45. The topological polar surface area (TPSA) is 76.1 Å². The smallest absolute Gasteiger partial charge is 0.416 e. The second-order valence-corrected chi connectivity index (χ2v) is 17.3. The molecule has 0 unspecified atom stereocenters. The lowest BCUT2D eigenvalue weighted by atomic mass is 9.86. The van der Waals surface area contributed by atoms with E-state index in [-0.39, 0.29) is 30.4 Å². The van der Waals surface area contributed by atoms with Gasteiger partial charge in [-0.1, -0.05) is 92.6 Å². The molecule has 0 radical (unpaired) electrons. The maximum absolute atomic E-state index is 13.3. The van der Waals surface area contributed by atoms with Crippen molar-refractivity contribution in [2.45, 2.75) is 104 Å². The van der Waals surface area contributed by atoms with Crippen molar-refractivity contribution in [1.29, 1.82) is 0 Å². The number of imide groups is 1. The van der Waals surface area contributed by atoms with Crippen molar-refractivity contribution in [2.24, 2.45) is 17.8 Å². The summed E-state index contributed by atoms with van der Waals surface area (Å²) in [7, 11) is -1.95. The van der Waals surface area contributed by atoms with E-state index in [1.807, 2.05) is 37.3 Å². The summed E-state index contributed by atoms with van der Waals surface area (Å²) in [6, 6.07) is 9.41. The van der Waals surface area contributed by atoms with E-state index in [0.29, 0.717) is 29.7 Å². The van der Waals surface area contributed by atoms with Crippen LogP contribution in [0.5, 0.6) is 0 Å². The first-order chi connectivity index (χ1) is 16.8. The summed E-state index contributed by atoms with van der Waals surface area (Å²) in [5.74, 6) is -0.926. The van der Waals surface area contributed by atoms with Gasteiger partial charge in [0.15, 0.2) is 8.32 Å². The van der Waals surface area contributed by atoms with E-state index >= 15 is 0 Å². The van der Waals surface area contributed by atoms with Crippen LogP contribution in [0.3, 0.4) is 0 Å². The van der Waals surface area contributed by atoms with Crippen molar-refractivity contribution >= 4 is 20.3 Å². The maximum Gasteiger partial charge on any atom is 0.416 e. The molecule has 5 atom stereocenters. The molecule has 204 valence electrons. The summed E-state index contributed by atoms with van der Waals surface area (Å²) in [6.07, 6.45) is -0.187. The van der Waals surface area contributed by atoms with Crippen molar-refractivity contribution in [1.82, 2.24) is 4.90 Å². The normalized spacial score (nSPS) is 20.1. The number of carbonyl (C=O) groups excluding carboxylic acids is 2. The molecule has 0 saturated carbocycles. The molecule has 0 aliphatic carbocycles. The van der Waals surface area contributed by atoms with E-state index < -0.39 is 26.4 Å². The largest absolute Gasteiger partial charge is 0.447 e. The first-order valence-electron chi connectivity index (χ1n) is 13.7. The fraction of sp³-hybridized carbons (Fsp3) is 0.724. The Morgan fingerprint density at radius 3 is 2.11 bits per heavy atom. The molecule has 7 heteroatoms. The lowest BCUT2D eigenvalue weighted by Gasteiger charge is -2.43. The fourth-order valence-corrected chi connectivity index (χ4v) is 11.8. The Morgan fingerprint density at radius 1 is 1.03 bits per heavy atom. The van der Waals surface area contributed by atoms with Gasteiger partial charge in [0, 0.05) is 6.61 Å². The van der Waals surface area contributed by atoms with Gasteiger partial charge in [-0.3, -0.25) is 4.79 Å². The minimum Gasteiger partial charge on any atom is -0.447 e. The van der Waals surface area contributed by atoms with Gasteiger partial charge in [0.2, 0.25) is 5.91 Å². The Hall–Kier alpha value is -1.70. The Kier molecular flexibility index (Phi) is 11.2. The molecule has 0 spiro atoms. The molecule has 1 fully saturated rings. The molecule has 1 aliphatic heterocycles. The van der Waals surface area contributed by atoms with E-state index in [4.69, 9.17) is 9.16 Å². The van der Waals surface area contributed by atoms with Gasteiger partial charge in [-0.25, -0.2) is 9.69 Å². The molecule has 0 bridgehead atoms. The average Bonchev–Trinajstić information content (AvgIpc) is 3.17. The number of rotatable bonds is 13. The number of cyclic esters (lactones) is 1. The average molecular weight is 520 g/mol. The SMILES string of the molecule is CC(C)[Si](OC[C@H](C)C[C@H](C)[C@H](O)[C@@H](C)C(=O)N1C(=O)OC[C@H]1Cc1ccccc1)(C(C)C)C(C)C. The van der Waals surface area contributed by atoms with Gasteiger partial charge < -0.3 is 14.3 Å². The van der Waals surface area contributed by atoms with Crippen molar-refractivity contribution < 1.29 is 23.9 Å². The van der Waals surface area contributed by atoms with E-state index in [2.05, 4.69) is 48.5 Å². The van der Waals surface area contributed by atoms with E-state index in [1.165, 1.54) is 4.90 Å². The van der Waals surface area contributed by atoms with Crippen molar-refractivity contribution in [2.75, 3.05) is 13.2 Å². The van der Waals surface area contributed by atoms with Gasteiger partial charge in [-0.15, -0.1) is 0 Å². The third-order valence-corrected chi connectivity index (χ3v) is 14.2. The molecule has 6 nitrogen and oxygen atoms in total. The van der Waals surface area contributed by atoms with Gasteiger partial charge in [0.05, 0.1) is 18.1 Å². The number of carbonyl (C=O) groups is 2. The highest BCUT2D eigenvalue weighted by molar-refractivity contribution is 6.77. The summed E-state index contributed by atoms with van der Waals surface area (Å²) in [4.78, 5) is 27.0. The van der Waals surface area contributed by atoms with Crippen LogP contribution in [-0.4, -0.2) is 55.7 Å². The third kappa shape index (κ3) is 6.99. The molecular weight excluding hydrogens is 470 g/mol. The lowest BCUT2D eigenvalue weighted by Crippen LogP contribution is -2.48. The highest BCUT2D eigenvalue weighted by Crippen LogP contribution is 2.42. The quantitative estimate of drug-likeness (QED) is 0.304. The summed E-state index contributed by atoms with van der Waals surface area (Å²) >= 11 is 0. The van der Waals surface area contributed by atoms with Gasteiger partial charge in [0.1, 0.15) is 6.61 Å². The predicted molar refractivity (Wildman–Crippen MR) is 147 cm³/mol. The number of amides is 2. The molecule has 1 saturated heterocycles. The predicted octanol–water partition coefficient (Wildman–Crippen LogP) is 6.43. The lowest BCUT2D eigenvalue weighted by molar-refractivity contribution is -0.137. The number of aliphatic hydroxyl groups is 1. The monoisotopic (exact) mass is 519 g/mol. The first-order valence-corrected chi connectivity index (χ1v) is 15.8. The number of hydrogen-bond acceptors (Lipinski definition) is 5. The number of aliphatic hydroxyl groups excluding tert-OH is 1. The Morgan fingerprint density at radius 2 is 1.58 bits per heavy atom. The second-order valence-electron chi connectivity index (χ2n) is 11.9. The van der Waals surface area contributed by atoms with Crippen molar-refractivity contribution in [3.05, 3.63) is 35.9 Å². The van der Waals surface area contributed by atoms with E-state index in [9.17, 15) is 14.7 Å². The molecule has 1 aromatic carbocycles. The van der Waals surface area contributed by atoms with Crippen molar-refractivity contribution in [3.8, 4) is 0 Å². The van der Waals surface area contributed by atoms with Crippen LogP contribution >= 0.6 is 0 Å². The molecule has 1 aromatic rings. The van der Waals surface area contributed by atoms with Gasteiger partial charge in [-0.2, -0.15) is 0 Å². The Bertz CT molecular complexity index is 822. The minimum absolute atomic E-state index is 0.109. The third-order valence-electron chi connectivity index (χ3n) is 8.10. The zero-order valence-electron chi connectivity index (χ0n) is 23.9.